The van der Waals surface area contributed by atoms with Gasteiger partial charge in [0.05, 0.1) is 0 Å². The molecule has 1 N–H and O–H groups in total. The van der Waals surface area contributed by atoms with Crippen LogP contribution >= 0.6 is 0 Å². The van der Waals surface area contributed by atoms with Crippen LogP contribution in [0.25, 0.3) is 11.1 Å². The highest BCUT2D eigenvalue weighted by Crippen LogP contribution is 2.56. The number of aryl methyl sites for hydroxylation is 3. The molecule has 1 heteroatoms. The molecule has 4 unspecified atom stereocenters. The zero-order valence-electron chi connectivity index (χ0n) is 34.1. The molecule has 0 radical (unpaired) electrons. The van der Waals surface area contributed by atoms with E-state index < -0.39 is 0 Å². The van der Waals surface area contributed by atoms with Gasteiger partial charge in [0.1, 0.15) is 0 Å². The smallest absolute Gasteiger partial charge is 0.0409 e. The Kier molecular flexibility index (Phi) is 10.2. The normalized spacial score (nSPS) is 29.4. The number of hydrogen-bond acceptors (Lipinski definition) is 1. The highest BCUT2D eigenvalue weighted by molar-refractivity contribution is 5.82. The lowest BCUT2D eigenvalue weighted by Crippen LogP contribution is -2.60. The van der Waals surface area contributed by atoms with Gasteiger partial charge >= 0.3 is 0 Å². The van der Waals surface area contributed by atoms with E-state index in [2.05, 4.69) is 147 Å². The fourth-order valence-corrected chi connectivity index (χ4v) is 12.2. The molecule has 1 heterocycles. The van der Waals surface area contributed by atoms with Crippen molar-refractivity contribution in [1.82, 2.24) is 5.32 Å². The number of hydrogen-bond donors (Lipinski definition) is 1. The van der Waals surface area contributed by atoms with E-state index in [9.17, 15) is 0 Å². The fourth-order valence-electron chi connectivity index (χ4n) is 12.2. The molecule has 274 valence electrons. The Morgan fingerprint density at radius 3 is 2.15 bits per heavy atom. The second-order valence-corrected chi connectivity index (χ2v) is 18.1. The van der Waals surface area contributed by atoms with Gasteiger partial charge < -0.3 is 5.32 Å². The first-order valence-electron chi connectivity index (χ1n) is 20.6. The van der Waals surface area contributed by atoms with Crippen molar-refractivity contribution in [2.45, 2.75) is 132 Å². The fraction of sp³-hybridized carbons (Fsp3) is 0.490. The lowest BCUT2D eigenvalue weighted by Gasteiger charge is -2.54. The van der Waals surface area contributed by atoms with Gasteiger partial charge in [0.25, 0.3) is 0 Å². The van der Waals surface area contributed by atoms with Gasteiger partial charge in [-0.15, -0.1) is 0 Å². The molecule has 0 aromatic heterocycles. The number of rotatable bonds is 7. The molecule has 1 fully saturated rings. The monoisotopic (exact) mass is 692 g/mol. The summed E-state index contributed by atoms with van der Waals surface area (Å²) >= 11 is 0. The lowest BCUT2D eigenvalue weighted by atomic mass is 9.52. The van der Waals surface area contributed by atoms with Crippen LogP contribution in [-0.2, 0) is 5.41 Å². The zero-order valence-corrected chi connectivity index (χ0v) is 34.1. The van der Waals surface area contributed by atoms with E-state index in [1.54, 1.807) is 16.7 Å². The highest BCUT2D eigenvalue weighted by Gasteiger charge is 2.56. The molecule has 2 aromatic rings. The number of benzene rings is 2. The number of nitrogens with one attached hydrogen (secondary N) is 1. The summed E-state index contributed by atoms with van der Waals surface area (Å²) in [4.78, 5) is 0. The summed E-state index contributed by atoms with van der Waals surface area (Å²) in [5.74, 6) is 2.38. The third kappa shape index (κ3) is 6.44. The van der Waals surface area contributed by atoms with Crippen LogP contribution in [-0.4, -0.2) is 12.1 Å². The van der Waals surface area contributed by atoms with Crippen molar-refractivity contribution < 1.29 is 0 Å². The minimum atomic E-state index is -0.175. The summed E-state index contributed by atoms with van der Waals surface area (Å²) in [6, 6.07) is 14.7. The third-order valence-electron chi connectivity index (χ3n) is 13.8. The third-order valence-corrected chi connectivity index (χ3v) is 13.8. The molecule has 7 rings (SSSR count). The molecular weight excluding hydrogens is 627 g/mol. The molecule has 0 spiro atoms. The number of allylic oxidation sites excluding steroid dienone is 13. The SMILES string of the molecule is CC1=CC(C)CC(C)=C1c1ccc([C@](C2=CC=C(c3c(C)cc(C)cc3C)CC2)(C2C=CC(C3=C(C)CC(C)CC3C)=CC2)[C@@]2(C)CCCN2)cc1. The van der Waals surface area contributed by atoms with Crippen LogP contribution in [0.2, 0.25) is 0 Å². The largest absolute Gasteiger partial charge is 0.310 e. The van der Waals surface area contributed by atoms with Crippen LogP contribution in [0.4, 0.5) is 0 Å². The Balaban J connectivity index is 1.38. The average molecular weight is 692 g/mol. The van der Waals surface area contributed by atoms with Gasteiger partial charge in [0, 0.05) is 11.0 Å². The maximum absolute atomic E-state index is 4.18. The van der Waals surface area contributed by atoms with Crippen molar-refractivity contribution >= 4 is 11.1 Å². The van der Waals surface area contributed by atoms with Crippen LogP contribution in [0.3, 0.4) is 0 Å². The molecule has 1 saturated heterocycles. The molecule has 0 amide bonds. The van der Waals surface area contributed by atoms with Crippen molar-refractivity contribution in [1.29, 1.82) is 0 Å². The van der Waals surface area contributed by atoms with Crippen molar-refractivity contribution in [3.8, 4) is 0 Å². The van der Waals surface area contributed by atoms with Gasteiger partial charge in [-0.3, -0.25) is 0 Å². The summed E-state index contributed by atoms with van der Waals surface area (Å²) in [7, 11) is 0. The Morgan fingerprint density at radius 2 is 1.58 bits per heavy atom. The van der Waals surface area contributed by atoms with Gasteiger partial charge in [-0.2, -0.15) is 0 Å². The van der Waals surface area contributed by atoms with Crippen molar-refractivity contribution in [3.63, 3.8) is 0 Å². The summed E-state index contributed by atoms with van der Waals surface area (Å²) < 4.78 is 0. The summed E-state index contributed by atoms with van der Waals surface area (Å²) in [6.45, 7) is 24.8. The molecule has 2 aromatic carbocycles. The van der Waals surface area contributed by atoms with E-state index >= 15 is 0 Å². The van der Waals surface area contributed by atoms with Crippen LogP contribution in [0, 0.1) is 44.4 Å². The first kappa shape index (κ1) is 36.9. The van der Waals surface area contributed by atoms with E-state index in [0.29, 0.717) is 17.8 Å². The second kappa shape index (κ2) is 14.4. The van der Waals surface area contributed by atoms with Crippen LogP contribution in [0.15, 0.2) is 106 Å². The van der Waals surface area contributed by atoms with Crippen LogP contribution in [0.1, 0.15) is 133 Å². The molecular formula is C51H65N. The molecule has 52 heavy (non-hydrogen) atoms. The quantitative estimate of drug-likeness (QED) is 0.305. The van der Waals surface area contributed by atoms with Gasteiger partial charge in [0.2, 0.25) is 0 Å². The summed E-state index contributed by atoms with van der Waals surface area (Å²) in [6.07, 6.45) is 24.7. The molecule has 5 aliphatic rings. The van der Waals surface area contributed by atoms with Gasteiger partial charge in [-0.1, -0.05) is 116 Å². The van der Waals surface area contributed by atoms with Crippen molar-refractivity contribution in [2.24, 2.45) is 23.7 Å². The van der Waals surface area contributed by atoms with E-state index in [-0.39, 0.29) is 11.0 Å². The molecule has 1 aliphatic heterocycles. The Bertz CT molecular complexity index is 1920. The zero-order chi connectivity index (χ0) is 36.9. The molecule has 0 bridgehead atoms. The van der Waals surface area contributed by atoms with E-state index in [1.165, 1.54) is 86.9 Å². The molecule has 6 atom stereocenters. The maximum Gasteiger partial charge on any atom is 0.0409 e. The summed E-state index contributed by atoms with van der Waals surface area (Å²) in [5.41, 5.74) is 20.4. The predicted octanol–water partition coefficient (Wildman–Crippen LogP) is 13.4. The predicted molar refractivity (Wildman–Crippen MR) is 225 cm³/mol. The van der Waals surface area contributed by atoms with E-state index in [1.807, 2.05) is 0 Å². The standard InChI is InChI=1S/C51H65N/c1-32-26-35(4)47(36(5)27-32)41-12-18-44(19-13-41)51(50(10)24-11-25-52-50,45-20-14-42(15-21-45)48-37(6)28-33(2)29-38(48)7)46-22-16-43(17-23-46)49-39(8)30-34(3)31-40(49)9/h12-16,18-20,22,26,30-33,37,45,52H,11,17,21,23-25,27-29H2,1-10H3/t32?,33?,37?,45?,50-,51-/m1/s1. The first-order chi connectivity index (χ1) is 24.8. The molecule has 4 aliphatic carbocycles. The first-order valence-corrected chi connectivity index (χ1v) is 20.6. The highest BCUT2D eigenvalue weighted by atomic mass is 15.0. The van der Waals surface area contributed by atoms with E-state index in [0.717, 1.165) is 38.1 Å². The minimum Gasteiger partial charge on any atom is -0.310 e. The topological polar surface area (TPSA) is 12.0 Å². The Morgan fingerprint density at radius 1 is 0.846 bits per heavy atom. The van der Waals surface area contributed by atoms with E-state index in [4.69, 9.17) is 0 Å². The van der Waals surface area contributed by atoms with Crippen molar-refractivity contribution in [2.75, 3.05) is 6.54 Å². The lowest BCUT2D eigenvalue weighted by molar-refractivity contribution is 0.183. The average Bonchev–Trinajstić information content (AvgIpc) is 3.53. The van der Waals surface area contributed by atoms with Crippen LogP contribution < -0.4 is 5.32 Å². The van der Waals surface area contributed by atoms with Gasteiger partial charge in [-0.05, 0) is 186 Å². The summed E-state index contributed by atoms with van der Waals surface area (Å²) in [5, 5.41) is 4.18. The molecule has 1 nitrogen and oxygen atoms in total. The Labute approximate surface area is 316 Å². The van der Waals surface area contributed by atoms with Crippen LogP contribution in [0.5, 0.6) is 0 Å². The maximum atomic E-state index is 4.18. The van der Waals surface area contributed by atoms with Gasteiger partial charge in [0.15, 0.2) is 0 Å². The van der Waals surface area contributed by atoms with Crippen molar-refractivity contribution in [3.05, 3.63) is 140 Å². The minimum absolute atomic E-state index is 0.0598. The second-order valence-electron chi connectivity index (χ2n) is 18.1. The molecule has 0 saturated carbocycles. The Hall–Kier alpha value is -3.42. The van der Waals surface area contributed by atoms with Gasteiger partial charge in [-0.25, -0.2) is 0 Å².